The lowest BCUT2D eigenvalue weighted by atomic mass is 10.2. The molecule has 2 aromatic carbocycles. The predicted octanol–water partition coefficient (Wildman–Crippen LogP) is 4.43. The van der Waals surface area contributed by atoms with Gasteiger partial charge in [-0.25, -0.2) is 16.8 Å². The Morgan fingerprint density at radius 1 is 1.15 bits per heavy atom. The Morgan fingerprint density at radius 3 is 2.50 bits per heavy atom. The summed E-state index contributed by atoms with van der Waals surface area (Å²) in [5.41, 5.74) is 0.602. The highest BCUT2D eigenvalue weighted by Crippen LogP contribution is 2.34. The minimum absolute atomic E-state index is 0.0589. The molecule has 1 aromatic heterocycles. The largest absolute Gasteiger partial charge is 0.309 e. The van der Waals surface area contributed by atoms with Crippen LogP contribution in [-0.2, 0) is 10.0 Å². The molecule has 3 rings (SSSR count). The molecular weight excluding hydrogens is 439 g/mol. The summed E-state index contributed by atoms with van der Waals surface area (Å²) < 4.78 is 41.4. The summed E-state index contributed by atoms with van der Waals surface area (Å²) in [5.74, 6) is 0.375. The summed E-state index contributed by atoms with van der Waals surface area (Å²) in [4.78, 5) is 3.04. The number of benzene rings is 2. The molecule has 138 valence electrons. The van der Waals surface area contributed by atoms with Crippen LogP contribution in [0.25, 0.3) is 10.9 Å². The SMILES string of the molecule is CN(C)CCSc1cn(S(=O)(=O)c2ccc(F)cc2)c2ccc(Br)cc12. The summed E-state index contributed by atoms with van der Waals surface area (Å²) in [6.45, 7) is 0.885. The molecule has 0 aliphatic carbocycles. The van der Waals surface area contributed by atoms with Crippen LogP contribution in [0.1, 0.15) is 0 Å². The first-order valence-corrected chi connectivity index (χ1v) is 11.1. The Balaban J connectivity index is 2.09. The van der Waals surface area contributed by atoms with Crippen LogP contribution in [0.3, 0.4) is 0 Å². The Morgan fingerprint density at radius 2 is 1.85 bits per heavy atom. The first-order valence-electron chi connectivity index (χ1n) is 7.88. The van der Waals surface area contributed by atoms with Crippen LogP contribution in [0, 0.1) is 5.82 Å². The van der Waals surface area contributed by atoms with Crippen molar-refractivity contribution in [3.05, 3.63) is 59.0 Å². The molecule has 1 heterocycles. The highest BCUT2D eigenvalue weighted by Gasteiger charge is 2.21. The predicted molar refractivity (Wildman–Crippen MR) is 108 cm³/mol. The number of fused-ring (bicyclic) bond motifs is 1. The van der Waals surface area contributed by atoms with Crippen molar-refractivity contribution < 1.29 is 12.8 Å². The average Bonchev–Trinajstić information content (AvgIpc) is 2.94. The second-order valence-electron chi connectivity index (χ2n) is 6.06. The molecule has 0 spiro atoms. The van der Waals surface area contributed by atoms with Crippen LogP contribution in [0.15, 0.2) is 62.9 Å². The third kappa shape index (κ3) is 3.98. The molecule has 8 heteroatoms. The topological polar surface area (TPSA) is 42.3 Å². The summed E-state index contributed by atoms with van der Waals surface area (Å²) in [6, 6.07) is 10.4. The molecule has 0 radical (unpaired) electrons. The Kier molecular flexibility index (Phi) is 5.76. The van der Waals surface area contributed by atoms with Crippen molar-refractivity contribution in [2.45, 2.75) is 9.79 Å². The van der Waals surface area contributed by atoms with E-state index in [1.54, 1.807) is 24.0 Å². The van der Waals surface area contributed by atoms with Crippen molar-refractivity contribution in [3.63, 3.8) is 0 Å². The fraction of sp³-hybridized carbons (Fsp3) is 0.222. The zero-order valence-corrected chi connectivity index (χ0v) is 17.5. The molecule has 3 aromatic rings. The van der Waals surface area contributed by atoms with Gasteiger partial charge in [-0.2, -0.15) is 0 Å². The lowest BCUT2D eigenvalue weighted by Gasteiger charge is -2.08. The van der Waals surface area contributed by atoms with Crippen LogP contribution < -0.4 is 0 Å². The monoisotopic (exact) mass is 456 g/mol. The molecule has 0 atom stereocenters. The summed E-state index contributed by atoms with van der Waals surface area (Å²) in [6.07, 6.45) is 1.65. The van der Waals surface area contributed by atoms with E-state index in [9.17, 15) is 12.8 Å². The number of halogens is 2. The van der Waals surface area contributed by atoms with E-state index in [2.05, 4.69) is 20.8 Å². The van der Waals surface area contributed by atoms with Gasteiger partial charge in [-0.15, -0.1) is 11.8 Å². The first-order chi connectivity index (χ1) is 12.3. The maximum absolute atomic E-state index is 13.2. The smallest absolute Gasteiger partial charge is 0.268 e. The zero-order valence-electron chi connectivity index (χ0n) is 14.3. The lowest BCUT2D eigenvalue weighted by molar-refractivity contribution is 0.437. The van der Waals surface area contributed by atoms with Crippen LogP contribution in [0.5, 0.6) is 0 Å². The minimum Gasteiger partial charge on any atom is -0.309 e. The van der Waals surface area contributed by atoms with E-state index in [1.807, 2.05) is 26.2 Å². The molecular formula is C18H18BrFN2O2S2. The first kappa shape index (κ1) is 19.4. The Labute approximate surface area is 165 Å². The molecule has 0 aliphatic heterocycles. The molecule has 0 aliphatic rings. The molecule has 0 saturated heterocycles. The molecule has 0 unspecified atom stereocenters. The number of hydrogen-bond acceptors (Lipinski definition) is 4. The van der Waals surface area contributed by atoms with Crippen molar-refractivity contribution in [2.75, 3.05) is 26.4 Å². The standard InChI is InChI=1S/C18H18BrFN2O2S2/c1-21(2)9-10-25-18-12-22(17-8-3-13(19)11-16(17)18)26(23,24)15-6-4-14(20)5-7-15/h3-8,11-12H,9-10H2,1-2H3. The highest BCUT2D eigenvalue weighted by atomic mass is 79.9. The summed E-state index contributed by atoms with van der Waals surface area (Å²) >= 11 is 5.07. The molecule has 0 fully saturated rings. The molecule has 4 nitrogen and oxygen atoms in total. The zero-order chi connectivity index (χ0) is 18.9. The fourth-order valence-corrected chi connectivity index (χ4v) is 5.49. The minimum atomic E-state index is -3.80. The number of hydrogen-bond donors (Lipinski definition) is 0. The maximum Gasteiger partial charge on any atom is 0.268 e. The van der Waals surface area contributed by atoms with E-state index in [4.69, 9.17) is 0 Å². The maximum atomic E-state index is 13.2. The van der Waals surface area contributed by atoms with Crippen molar-refractivity contribution in [2.24, 2.45) is 0 Å². The third-order valence-corrected chi connectivity index (χ3v) is 7.07. The summed E-state index contributed by atoms with van der Waals surface area (Å²) in [5, 5.41) is 0.869. The number of rotatable bonds is 6. The van der Waals surface area contributed by atoms with E-state index in [0.717, 1.165) is 39.2 Å². The van der Waals surface area contributed by atoms with Crippen molar-refractivity contribution in [1.29, 1.82) is 0 Å². The van der Waals surface area contributed by atoms with Gasteiger partial charge in [-0.05, 0) is 56.6 Å². The fourth-order valence-electron chi connectivity index (χ4n) is 2.52. The number of thioether (sulfide) groups is 1. The van der Waals surface area contributed by atoms with E-state index in [1.165, 1.54) is 16.1 Å². The van der Waals surface area contributed by atoms with Gasteiger partial charge in [0, 0.05) is 33.2 Å². The van der Waals surface area contributed by atoms with Crippen LogP contribution in [-0.4, -0.2) is 43.7 Å². The molecule has 0 saturated carbocycles. The molecule has 0 N–H and O–H groups in total. The van der Waals surface area contributed by atoms with Crippen molar-refractivity contribution in [3.8, 4) is 0 Å². The van der Waals surface area contributed by atoms with Gasteiger partial charge in [0.25, 0.3) is 10.0 Å². The van der Waals surface area contributed by atoms with Crippen LogP contribution in [0.4, 0.5) is 4.39 Å². The van der Waals surface area contributed by atoms with Gasteiger partial charge >= 0.3 is 0 Å². The Hall–Kier alpha value is -1.35. The second kappa shape index (κ2) is 7.72. The van der Waals surface area contributed by atoms with Crippen LogP contribution >= 0.6 is 27.7 Å². The van der Waals surface area contributed by atoms with E-state index < -0.39 is 15.8 Å². The van der Waals surface area contributed by atoms with Crippen molar-refractivity contribution in [1.82, 2.24) is 8.87 Å². The average molecular weight is 457 g/mol. The van der Waals surface area contributed by atoms with Crippen molar-refractivity contribution >= 4 is 48.6 Å². The third-order valence-electron chi connectivity index (χ3n) is 3.86. The van der Waals surface area contributed by atoms with Gasteiger partial charge in [0.15, 0.2) is 0 Å². The quantitative estimate of drug-likeness (QED) is 0.514. The van der Waals surface area contributed by atoms with E-state index in [0.29, 0.717) is 5.52 Å². The van der Waals surface area contributed by atoms with Gasteiger partial charge in [0.05, 0.1) is 10.4 Å². The molecule has 0 bridgehead atoms. The van der Waals surface area contributed by atoms with Gasteiger partial charge in [0.2, 0.25) is 0 Å². The van der Waals surface area contributed by atoms with Crippen LogP contribution in [0.2, 0.25) is 0 Å². The highest BCUT2D eigenvalue weighted by molar-refractivity contribution is 9.10. The van der Waals surface area contributed by atoms with Gasteiger partial charge in [0.1, 0.15) is 5.82 Å². The van der Waals surface area contributed by atoms with E-state index in [-0.39, 0.29) is 4.90 Å². The number of nitrogens with zero attached hydrogens (tertiary/aromatic N) is 2. The number of aromatic nitrogens is 1. The normalized spacial score (nSPS) is 12.2. The second-order valence-corrected chi connectivity index (χ2v) is 9.93. The van der Waals surface area contributed by atoms with E-state index >= 15 is 0 Å². The summed E-state index contributed by atoms with van der Waals surface area (Å²) in [7, 11) is 0.194. The lowest BCUT2D eigenvalue weighted by Crippen LogP contribution is -2.14. The van der Waals surface area contributed by atoms with Gasteiger partial charge < -0.3 is 4.90 Å². The molecule has 0 amide bonds. The molecule has 26 heavy (non-hydrogen) atoms. The van der Waals surface area contributed by atoms with Gasteiger partial charge in [-0.1, -0.05) is 15.9 Å². The Bertz CT molecular complexity index is 1030. The van der Waals surface area contributed by atoms with Gasteiger partial charge in [-0.3, -0.25) is 0 Å².